The van der Waals surface area contributed by atoms with E-state index in [0.29, 0.717) is 0 Å². The molecular formula is C15H24N2O4S. The number of anilines is 1. The molecule has 0 saturated carbocycles. The minimum atomic E-state index is -3.45. The Hall–Kier alpha value is -1.76. The molecule has 0 aliphatic carbocycles. The summed E-state index contributed by atoms with van der Waals surface area (Å²) < 4.78 is 30.2. The summed E-state index contributed by atoms with van der Waals surface area (Å²) in [7, 11) is -2.18. The lowest BCUT2D eigenvalue weighted by molar-refractivity contribution is 0.171. The maximum atomic E-state index is 12.2. The molecule has 0 spiro atoms. The van der Waals surface area contributed by atoms with Gasteiger partial charge in [-0.05, 0) is 24.0 Å². The standard InChI is InChI=1S/C15H24N2O4S/c1-5-12-8-7-9-13(6-2)14(12)17(22(4,19)20)11-10-16-15(18)21-3/h7-9H,5-6,10-11H2,1-4H3,(H,16,18). The molecule has 0 aliphatic rings. The van der Waals surface area contributed by atoms with Crippen LogP contribution in [0.1, 0.15) is 25.0 Å². The van der Waals surface area contributed by atoms with Crippen molar-refractivity contribution in [2.24, 2.45) is 0 Å². The number of nitrogens with one attached hydrogen (secondary N) is 1. The lowest BCUT2D eigenvalue weighted by atomic mass is 10.0. The second-order valence-electron chi connectivity index (χ2n) is 4.89. The van der Waals surface area contributed by atoms with Crippen molar-refractivity contribution in [1.29, 1.82) is 0 Å². The van der Waals surface area contributed by atoms with E-state index in [1.54, 1.807) is 0 Å². The Morgan fingerprint density at radius 1 is 1.23 bits per heavy atom. The molecule has 124 valence electrons. The third kappa shape index (κ3) is 4.62. The van der Waals surface area contributed by atoms with Crippen LogP contribution in [0.25, 0.3) is 0 Å². The van der Waals surface area contributed by atoms with E-state index in [1.165, 1.54) is 17.7 Å². The predicted octanol–water partition coefficient (Wildman–Crippen LogP) is 1.93. The van der Waals surface area contributed by atoms with E-state index in [2.05, 4.69) is 10.1 Å². The highest BCUT2D eigenvalue weighted by Gasteiger charge is 2.22. The summed E-state index contributed by atoms with van der Waals surface area (Å²) in [5.41, 5.74) is 2.67. The topological polar surface area (TPSA) is 75.7 Å². The third-order valence-electron chi connectivity index (χ3n) is 3.38. The highest BCUT2D eigenvalue weighted by atomic mass is 32.2. The van der Waals surface area contributed by atoms with Crippen molar-refractivity contribution in [2.75, 3.05) is 30.8 Å². The van der Waals surface area contributed by atoms with Gasteiger partial charge in [-0.2, -0.15) is 0 Å². The zero-order valence-electron chi connectivity index (χ0n) is 13.5. The summed E-state index contributed by atoms with van der Waals surface area (Å²) >= 11 is 0. The second-order valence-corrected chi connectivity index (χ2v) is 6.79. The van der Waals surface area contributed by atoms with E-state index in [-0.39, 0.29) is 13.1 Å². The number of benzene rings is 1. The normalized spacial score (nSPS) is 11.1. The minimum Gasteiger partial charge on any atom is -0.453 e. The number of carbonyl (C=O) groups excluding carboxylic acids is 1. The highest BCUT2D eigenvalue weighted by Crippen LogP contribution is 2.28. The molecule has 0 unspecified atom stereocenters. The lowest BCUT2D eigenvalue weighted by Crippen LogP contribution is -2.39. The number of sulfonamides is 1. The number of methoxy groups -OCH3 is 1. The monoisotopic (exact) mass is 328 g/mol. The fourth-order valence-electron chi connectivity index (χ4n) is 2.31. The molecular weight excluding hydrogens is 304 g/mol. The predicted molar refractivity (Wildman–Crippen MR) is 87.8 cm³/mol. The van der Waals surface area contributed by atoms with Crippen LogP contribution in [0.4, 0.5) is 10.5 Å². The van der Waals surface area contributed by atoms with Crippen LogP contribution in [0.15, 0.2) is 18.2 Å². The first kappa shape index (κ1) is 18.3. The molecule has 0 heterocycles. The first-order valence-electron chi connectivity index (χ1n) is 7.25. The number of alkyl carbamates (subject to hydrolysis) is 1. The molecule has 1 aromatic carbocycles. The van der Waals surface area contributed by atoms with Gasteiger partial charge in [0.1, 0.15) is 0 Å². The maximum Gasteiger partial charge on any atom is 0.406 e. The SMILES string of the molecule is CCc1cccc(CC)c1N(CCNC(=O)OC)S(C)(=O)=O. The molecule has 7 heteroatoms. The van der Waals surface area contributed by atoms with Gasteiger partial charge in [0.2, 0.25) is 10.0 Å². The zero-order valence-corrected chi connectivity index (χ0v) is 14.4. The Morgan fingerprint density at radius 3 is 2.18 bits per heavy atom. The van der Waals surface area contributed by atoms with Crippen LogP contribution in [0, 0.1) is 0 Å². The number of hydrogen-bond donors (Lipinski definition) is 1. The van der Waals surface area contributed by atoms with E-state index in [9.17, 15) is 13.2 Å². The molecule has 1 N–H and O–H groups in total. The fourth-order valence-corrected chi connectivity index (χ4v) is 3.30. The molecule has 1 amide bonds. The molecule has 0 aliphatic heterocycles. The maximum absolute atomic E-state index is 12.2. The van der Waals surface area contributed by atoms with Crippen LogP contribution in [-0.4, -0.2) is 41.0 Å². The molecule has 0 bridgehead atoms. The summed E-state index contributed by atoms with van der Waals surface area (Å²) in [5.74, 6) is 0. The van der Waals surface area contributed by atoms with Crippen LogP contribution in [0.2, 0.25) is 0 Å². The molecule has 0 atom stereocenters. The van der Waals surface area contributed by atoms with Gasteiger partial charge in [0.15, 0.2) is 0 Å². The number of hydrogen-bond acceptors (Lipinski definition) is 4. The van der Waals surface area contributed by atoms with E-state index < -0.39 is 16.1 Å². The van der Waals surface area contributed by atoms with E-state index >= 15 is 0 Å². The molecule has 22 heavy (non-hydrogen) atoms. The van der Waals surface area contributed by atoms with Gasteiger partial charge in [0, 0.05) is 6.54 Å². The van der Waals surface area contributed by atoms with Gasteiger partial charge in [-0.1, -0.05) is 32.0 Å². The Kier molecular flexibility index (Phi) is 6.67. The van der Waals surface area contributed by atoms with Gasteiger partial charge in [0.25, 0.3) is 0 Å². The number of ether oxygens (including phenoxy) is 1. The first-order chi connectivity index (χ1) is 10.3. The summed E-state index contributed by atoms with van der Waals surface area (Å²) in [5, 5.41) is 2.51. The van der Waals surface area contributed by atoms with Crippen molar-refractivity contribution < 1.29 is 17.9 Å². The molecule has 0 saturated heterocycles. The number of nitrogens with zero attached hydrogens (tertiary/aromatic N) is 1. The largest absolute Gasteiger partial charge is 0.453 e. The average Bonchev–Trinajstić information content (AvgIpc) is 2.49. The van der Waals surface area contributed by atoms with Crippen molar-refractivity contribution in [3.05, 3.63) is 29.3 Å². The third-order valence-corrected chi connectivity index (χ3v) is 4.55. The minimum absolute atomic E-state index is 0.165. The summed E-state index contributed by atoms with van der Waals surface area (Å²) in [4.78, 5) is 11.1. The summed E-state index contributed by atoms with van der Waals surface area (Å²) in [6.07, 6.45) is 2.07. The Balaban J connectivity index is 3.16. The number of aryl methyl sites for hydroxylation is 2. The highest BCUT2D eigenvalue weighted by molar-refractivity contribution is 7.92. The number of amides is 1. The summed E-state index contributed by atoms with van der Waals surface area (Å²) in [6, 6.07) is 5.80. The van der Waals surface area contributed by atoms with Gasteiger partial charge >= 0.3 is 6.09 Å². The van der Waals surface area contributed by atoms with Gasteiger partial charge in [0.05, 0.1) is 25.6 Å². The Labute approximate surface area is 132 Å². The molecule has 1 aromatic rings. The van der Waals surface area contributed by atoms with Crippen LogP contribution >= 0.6 is 0 Å². The number of para-hydroxylation sites is 1. The molecule has 0 aromatic heterocycles. The quantitative estimate of drug-likeness (QED) is 0.830. The molecule has 0 radical (unpaired) electrons. The Bertz CT molecular complexity index is 592. The van der Waals surface area contributed by atoms with E-state index in [1.807, 2.05) is 32.0 Å². The average molecular weight is 328 g/mol. The molecule has 6 nitrogen and oxygen atoms in total. The zero-order chi connectivity index (χ0) is 16.8. The van der Waals surface area contributed by atoms with Gasteiger partial charge < -0.3 is 10.1 Å². The van der Waals surface area contributed by atoms with Crippen LogP contribution in [0.3, 0.4) is 0 Å². The number of rotatable bonds is 7. The smallest absolute Gasteiger partial charge is 0.406 e. The lowest BCUT2D eigenvalue weighted by Gasteiger charge is -2.27. The van der Waals surface area contributed by atoms with Gasteiger partial charge in [-0.3, -0.25) is 4.31 Å². The molecule has 0 fully saturated rings. The van der Waals surface area contributed by atoms with Crippen LogP contribution < -0.4 is 9.62 Å². The fraction of sp³-hybridized carbons (Fsp3) is 0.533. The van der Waals surface area contributed by atoms with Crippen molar-refractivity contribution in [3.63, 3.8) is 0 Å². The van der Waals surface area contributed by atoms with Crippen molar-refractivity contribution in [2.45, 2.75) is 26.7 Å². The van der Waals surface area contributed by atoms with Gasteiger partial charge in [-0.25, -0.2) is 13.2 Å². The van der Waals surface area contributed by atoms with Crippen molar-refractivity contribution in [3.8, 4) is 0 Å². The van der Waals surface area contributed by atoms with Crippen LogP contribution in [0.5, 0.6) is 0 Å². The van der Waals surface area contributed by atoms with Gasteiger partial charge in [-0.15, -0.1) is 0 Å². The first-order valence-corrected chi connectivity index (χ1v) is 9.10. The second kappa shape index (κ2) is 8.03. The summed E-state index contributed by atoms with van der Waals surface area (Å²) in [6.45, 7) is 4.33. The van der Waals surface area contributed by atoms with E-state index in [0.717, 1.165) is 29.7 Å². The van der Waals surface area contributed by atoms with Crippen LogP contribution in [-0.2, 0) is 27.6 Å². The Morgan fingerprint density at radius 2 is 1.77 bits per heavy atom. The molecule has 1 rings (SSSR count). The number of carbonyl (C=O) groups is 1. The van der Waals surface area contributed by atoms with Crippen molar-refractivity contribution >= 4 is 21.8 Å². The van der Waals surface area contributed by atoms with E-state index in [4.69, 9.17) is 0 Å². The van der Waals surface area contributed by atoms with Crippen molar-refractivity contribution in [1.82, 2.24) is 5.32 Å².